The molecule has 1 heterocycles. The van der Waals surface area contributed by atoms with E-state index in [4.69, 9.17) is 9.15 Å². The largest absolute Gasteiger partial charge is 0.467 e. The predicted molar refractivity (Wildman–Crippen MR) is 79.3 cm³/mol. The lowest BCUT2D eigenvalue weighted by Crippen LogP contribution is -2.37. The Balaban J connectivity index is 1.67. The van der Waals surface area contributed by atoms with Crippen molar-refractivity contribution in [3.63, 3.8) is 0 Å². The monoisotopic (exact) mass is 277 g/mol. The van der Waals surface area contributed by atoms with Gasteiger partial charge in [-0.15, -0.1) is 0 Å². The average Bonchev–Trinajstić information content (AvgIpc) is 2.98. The molecule has 2 aliphatic carbocycles. The first kappa shape index (κ1) is 14.2. The number of hydrogen-bond acceptors (Lipinski definition) is 3. The maximum absolute atomic E-state index is 6.29. The lowest BCUT2D eigenvalue weighted by molar-refractivity contribution is -0.0599. The number of fused-ring (bicyclic) bond motifs is 2. The molecule has 0 spiro atoms. The molecule has 1 aromatic heterocycles. The van der Waals surface area contributed by atoms with E-state index in [1.54, 1.807) is 6.26 Å². The number of nitrogens with one attached hydrogen (secondary N) is 1. The topological polar surface area (TPSA) is 34.4 Å². The molecule has 3 heteroatoms. The summed E-state index contributed by atoms with van der Waals surface area (Å²) >= 11 is 0. The van der Waals surface area contributed by atoms with Crippen molar-refractivity contribution in [1.29, 1.82) is 0 Å². The highest BCUT2D eigenvalue weighted by Gasteiger charge is 2.61. The maximum Gasteiger partial charge on any atom is 0.133 e. The summed E-state index contributed by atoms with van der Waals surface area (Å²) in [6, 6.07) is 2.03. The van der Waals surface area contributed by atoms with E-state index in [1.807, 2.05) is 13.1 Å². The summed E-state index contributed by atoms with van der Waals surface area (Å²) in [6.45, 7) is 8.71. The summed E-state index contributed by atoms with van der Waals surface area (Å²) in [6.07, 6.45) is 6.03. The van der Waals surface area contributed by atoms with Crippen LogP contribution in [-0.2, 0) is 17.9 Å². The Bertz CT molecular complexity index is 479. The zero-order valence-electron chi connectivity index (χ0n) is 13.2. The van der Waals surface area contributed by atoms with E-state index in [0.717, 1.165) is 18.2 Å². The highest BCUT2D eigenvalue weighted by atomic mass is 16.5. The van der Waals surface area contributed by atoms with Crippen molar-refractivity contribution in [2.24, 2.45) is 16.7 Å². The standard InChI is InChI=1S/C17H27NO2/c1-16(2)13-5-7-17(16,3)15(9-13)20-11-14-12(10-18-4)6-8-19-14/h6,8,13,15,18H,5,7,9-11H2,1-4H3. The van der Waals surface area contributed by atoms with Crippen LogP contribution < -0.4 is 5.32 Å². The van der Waals surface area contributed by atoms with Gasteiger partial charge in [0.25, 0.3) is 0 Å². The van der Waals surface area contributed by atoms with Gasteiger partial charge in [0, 0.05) is 12.1 Å². The Morgan fingerprint density at radius 3 is 2.80 bits per heavy atom. The second-order valence-corrected chi connectivity index (χ2v) is 7.31. The van der Waals surface area contributed by atoms with E-state index in [-0.39, 0.29) is 0 Å². The van der Waals surface area contributed by atoms with Gasteiger partial charge in [-0.3, -0.25) is 0 Å². The molecule has 112 valence electrons. The third-order valence-corrected chi connectivity index (χ3v) is 6.33. The molecule has 0 saturated heterocycles. The smallest absolute Gasteiger partial charge is 0.133 e. The fraction of sp³-hybridized carbons (Fsp3) is 0.765. The molecule has 20 heavy (non-hydrogen) atoms. The summed E-state index contributed by atoms with van der Waals surface area (Å²) < 4.78 is 11.9. The van der Waals surface area contributed by atoms with Gasteiger partial charge in [-0.05, 0) is 49.1 Å². The van der Waals surface area contributed by atoms with Crippen LogP contribution in [0.3, 0.4) is 0 Å². The highest BCUT2D eigenvalue weighted by Crippen LogP contribution is 2.66. The lowest BCUT2D eigenvalue weighted by Gasteiger charge is -2.38. The van der Waals surface area contributed by atoms with Crippen LogP contribution in [0, 0.1) is 16.7 Å². The molecule has 0 amide bonds. The second kappa shape index (κ2) is 4.88. The molecular weight excluding hydrogens is 250 g/mol. The van der Waals surface area contributed by atoms with E-state index in [2.05, 4.69) is 26.1 Å². The minimum Gasteiger partial charge on any atom is -0.467 e. The molecule has 2 bridgehead atoms. The van der Waals surface area contributed by atoms with Crippen LogP contribution in [0.2, 0.25) is 0 Å². The Morgan fingerprint density at radius 2 is 2.20 bits per heavy atom. The fourth-order valence-corrected chi connectivity index (χ4v) is 4.40. The van der Waals surface area contributed by atoms with E-state index >= 15 is 0 Å². The van der Waals surface area contributed by atoms with Crippen molar-refractivity contribution in [2.75, 3.05) is 7.05 Å². The van der Waals surface area contributed by atoms with Gasteiger partial charge in [0.05, 0.1) is 12.4 Å². The summed E-state index contributed by atoms with van der Waals surface area (Å²) in [4.78, 5) is 0. The first-order valence-electron chi connectivity index (χ1n) is 7.80. The minimum atomic E-state index is 0.327. The maximum atomic E-state index is 6.29. The van der Waals surface area contributed by atoms with Crippen LogP contribution in [0.15, 0.2) is 16.7 Å². The van der Waals surface area contributed by atoms with Crippen molar-refractivity contribution >= 4 is 0 Å². The van der Waals surface area contributed by atoms with Gasteiger partial charge in [0.2, 0.25) is 0 Å². The van der Waals surface area contributed by atoms with Crippen molar-refractivity contribution in [3.05, 3.63) is 23.7 Å². The Hall–Kier alpha value is -0.800. The molecule has 3 nitrogen and oxygen atoms in total. The molecule has 0 aromatic carbocycles. The van der Waals surface area contributed by atoms with E-state index in [9.17, 15) is 0 Å². The van der Waals surface area contributed by atoms with E-state index in [1.165, 1.54) is 24.8 Å². The number of hydrogen-bond donors (Lipinski definition) is 1. The molecule has 1 N–H and O–H groups in total. The third-order valence-electron chi connectivity index (χ3n) is 6.33. The van der Waals surface area contributed by atoms with Crippen LogP contribution >= 0.6 is 0 Å². The lowest BCUT2D eigenvalue weighted by atomic mass is 9.70. The molecule has 2 fully saturated rings. The van der Waals surface area contributed by atoms with Crippen molar-refractivity contribution < 1.29 is 9.15 Å². The summed E-state index contributed by atoms with van der Waals surface area (Å²) in [5, 5.41) is 3.17. The molecule has 3 unspecified atom stereocenters. The van der Waals surface area contributed by atoms with Crippen molar-refractivity contribution in [2.45, 2.75) is 59.3 Å². The van der Waals surface area contributed by atoms with Crippen molar-refractivity contribution in [3.8, 4) is 0 Å². The minimum absolute atomic E-state index is 0.327. The number of rotatable bonds is 5. The summed E-state index contributed by atoms with van der Waals surface area (Å²) in [5.74, 6) is 1.80. The molecule has 3 rings (SSSR count). The van der Waals surface area contributed by atoms with Gasteiger partial charge < -0.3 is 14.5 Å². The first-order valence-corrected chi connectivity index (χ1v) is 7.80. The van der Waals surface area contributed by atoms with Crippen LogP contribution in [0.5, 0.6) is 0 Å². The van der Waals surface area contributed by atoms with Gasteiger partial charge in [-0.2, -0.15) is 0 Å². The highest BCUT2D eigenvalue weighted by molar-refractivity contribution is 5.16. The SMILES string of the molecule is CNCc1ccoc1COC1CC2CCC1(C)C2(C)C. The first-order chi connectivity index (χ1) is 9.49. The Labute approximate surface area is 122 Å². The number of furan rings is 1. The van der Waals surface area contributed by atoms with Gasteiger partial charge in [0.15, 0.2) is 0 Å². The molecule has 1 aromatic rings. The normalized spacial score (nSPS) is 34.8. The number of ether oxygens (including phenoxy) is 1. The van der Waals surface area contributed by atoms with E-state index < -0.39 is 0 Å². The Kier molecular flexibility index (Phi) is 3.46. The summed E-state index contributed by atoms with van der Waals surface area (Å²) in [7, 11) is 1.96. The van der Waals surface area contributed by atoms with Gasteiger partial charge in [0.1, 0.15) is 12.4 Å². The predicted octanol–water partition coefficient (Wildman–Crippen LogP) is 3.73. The van der Waals surface area contributed by atoms with Gasteiger partial charge >= 0.3 is 0 Å². The average molecular weight is 277 g/mol. The Morgan fingerprint density at radius 1 is 1.40 bits per heavy atom. The van der Waals surface area contributed by atoms with Crippen LogP contribution in [0.25, 0.3) is 0 Å². The zero-order valence-corrected chi connectivity index (χ0v) is 13.2. The molecule has 0 aliphatic heterocycles. The van der Waals surface area contributed by atoms with Gasteiger partial charge in [-0.1, -0.05) is 20.8 Å². The molecule has 3 atom stereocenters. The quantitative estimate of drug-likeness (QED) is 0.890. The molecular formula is C17H27NO2. The van der Waals surface area contributed by atoms with Crippen LogP contribution in [0.1, 0.15) is 51.4 Å². The fourth-order valence-electron chi connectivity index (χ4n) is 4.40. The zero-order chi connectivity index (χ0) is 14.4. The third kappa shape index (κ3) is 1.94. The van der Waals surface area contributed by atoms with Crippen molar-refractivity contribution in [1.82, 2.24) is 5.32 Å². The van der Waals surface area contributed by atoms with Crippen LogP contribution in [-0.4, -0.2) is 13.2 Å². The molecule has 2 saturated carbocycles. The summed E-state index contributed by atoms with van der Waals surface area (Å²) in [5.41, 5.74) is 1.95. The van der Waals surface area contributed by atoms with Crippen LogP contribution in [0.4, 0.5) is 0 Å². The molecule has 2 aliphatic rings. The molecule has 0 radical (unpaired) electrons. The van der Waals surface area contributed by atoms with E-state index in [0.29, 0.717) is 23.5 Å². The second-order valence-electron chi connectivity index (χ2n) is 7.31. The van der Waals surface area contributed by atoms with Gasteiger partial charge in [-0.25, -0.2) is 0 Å².